The van der Waals surface area contributed by atoms with Crippen molar-refractivity contribution in [2.45, 2.75) is 80.1 Å². The van der Waals surface area contributed by atoms with Gasteiger partial charge in [0, 0.05) is 0 Å². The zero-order chi connectivity index (χ0) is 23.5. The summed E-state index contributed by atoms with van der Waals surface area (Å²) in [5, 5.41) is 0. The lowest BCUT2D eigenvalue weighted by atomic mass is 9.86. The summed E-state index contributed by atoms with van der Waals surface area (Å²) in [6.45, 7) is 18.7. The van der Waals surface area contributed by atoms with Gasteiger partial charge in [-0.2, -0.15) is 0 Å². The molecule has 0 aliphatic heterocycles. The van der Waals surface area contributed by atoms with Crippen LogP contribution in [0.1, 0.15) is 83.4 Å². The highest BCUT2D eigenvalue weighted by molar-refractivity contribution is 5.28. The molecule has 0 spiro atoms. The molecule has 0 aromatic heterocycles. The van der Waals surface area contributed by atoms with Gasteiger partial charge in [0.05, 0.1) is 0 Å². The van der Waals surface area contributed by atoms with Crippen LogP contribution in [0.4, 0.5) is 0 Å². The quantitative estimate of drug-likeness (QED) is 0.295. The first kappa shape index (κ1) is 28.7. The Balaban J connectivity index is 0.000000671. The van der Waals surface area contributed by atoms with E-state index in [1.807, 2.05) is 13.0 Å². The molecule has 31 heavy (non-hydrogen) atoms. The fourth-order valence-corrected chi connectivity index (χ4v) is 3.52. The van der Waals surface area contributed by atoms with Crippen molar-refractivity contribution in [3.63, 3.8) is 0 Å². The molecule has 0 aliphatic carbocycles. The summed E-state index contributed by atoms with van der Waals surface area (Å²) in [5.74, 6) is 1.43. The van der Waals surface area contributed by atoms with Crippen LogP contribution in [0.15, 0.2) is 91.1 Å². The minimum absolute atomic E-state index is 0.658. The molecule has 0 fully saturated rings. The maximum atomic E-state index is 3.36. The maximum absolute atomic E-state index is 3.36. The lowest BCUT2D eigenvalue weighted by Gasteiger charge is -2.19. The van der Waals surface area contributed by atoms with E-state index in [1.54, 1.807) is 6.08 Å². The van der Waals surface area contributed by atoms with Gasteiger partial charge in [-0.1, -0.05) is 105 Å². The van der Waals surface area contributed by atoms with Crippen molar-refractivity contribution < 1.29 is 0 Å². The molecule has 0 N–H and O–H groups in total. The Morgan fingerprint density at radius 1 is 0.968 bits per heavy atom. The first-order valence-electron chi connectivity index (χ1n) is 11.8. The summed E-state index contributed by atoms with van der Waals surface area (Å²) < 4.78 is 0. The fraction of sp³-hybridized carbons (Fsp3) is 0.419. The average molecular weight is 419 g/mol. The number of allylic oxidation sites excluding steroid dienone is 5. The molecular weight excluding hydrogens is 372 g/mol. The van der Waals surface area contributed by atoms with Crippen LogP contribution in [0.2, 0.25) is 0 Å². The van der Waals surface area contributed by atoms with Crippen molar-refractivity contribution in [2.75, 3.05) is 0 Å². The summed E-state index contributed by atoms with van der Waals surface area (Å²) >= 11 is 0. The minimum atomic E-state index is 0.658. The number of aryl methyl sites for hydroxylation is 2. The second kappa shape index (κ2) is 18.4. The van der Waals surface area contributed by atoms with Gasteiger partial charge in [0.25, 0.3) is 0 Å². The van der Waals surface area contributed by atoms with Crippen LogP contribution < -0.4 is 0 Å². The van der Waals surface area contributed by atoms with E-state index in [-0.39, 0.29) is 0 Å². The van der Waals surface area contributed by atoms with E-state index in [2.05, 4.69) is 115 Å². The molecular formula is C31H46. The largest absolute Gasteiger partial charge is 0.103 e. The van der Waals surface area contributed by atoms with Gasteiger partial charge in [-0.3, -0.25) is 0 Å². The number of rotatable bonds is 8. The van der Waals surface area contributed by atoms with Gasteiger partial charge in [0.2, 0.25) is 0 Å². The number of hydrogen-bond acceptors (Lipinski definition) is 0. The standard InChI is InChI=1S/C20H30.C8H10.C3H6/c1-6-7-10-16(2)13-14-17(3)15-19(5)20-12-9-8-11-18(20)4;1-2-8-6-4-3-5-7-8;1-3-2/h6-12,17,19H,13-15H2,1-5H3;3-7H,2H2,1H3;3H,1H2,2H3/b7-6-,16-10+;;. The van der Waals surface area contributed by atoms with E-state index >= 15 is 0 Å². The molecule has 2 aromatic carbocycles. The molecule has 0 saturated heterocycles. The van der Waals surface area contributed by atoms with Gasteiger partial charge in [-0.25, -0.2) is 0 Å². The Kier molecular flexibility index (Phi) is 17.0. The topological polar surface area (TPSA) is 0 Å². The average Bonchev–Trinajstić information content (AvgIpc) is 2.78. The molecule has 2 atom stereocenters. The van der Waals surface area contributed by atoms with Crippen molar-refractivity contribution in [3.8, 4) is 0 Å². The smallest absolute Gasteiger partial charge is 0.0185 e. The molecule has 0 amide bonds. The van der Waals surface area contributed by atoms with Crippen molar-refractivity contribution in [2.24, 2.45) is 5.92 Å². The van der Waals surface area contributed by atoms with Crippen LogP contribution in [0.3, 0.4) is 0 Å². The second-order valence-corrected chi connectivity index (χ2v) is 8.42. The summed E-state index contributed by atoms with van der Waals surface area (Å²) in [7, 11) is 0. The normalized spacial score (nSPS) is 12.8. The monoisotopic (exact) mass is 418 g/mol. The molecule has 0 nitrogen and oxygen atoms in total. The molecule has 0 heteroatoms. The molecule has 2 aromatic rings. The molecule has 2 rings (SSSR count). The number of benzene rings is 2. The highest BCUT2D eigenvalue weighted by Gasteiger charge is 2.12. The Labute approximate surface area is 193 Å². The third-order valence-corrected chi connectivity index (χ3v) is 5.33. The lowest BCUT2D eigenvalue weighted by Crippen LogP contribution is -2.04. The van der Waals surface area contributed by atoms with Crippen LogP contribution in [0.5, 0.6) is 0 Å². The van der Waals surface area contributed by atoms with Gasteiger partial charge in [0.15, 0.2) is 0 Å². The molecule has 0 aliphatic rings. The minimum Gasteiger partial charge on any atom is -0.103 e. The summed E-state index contributed by atoms with van der Waals surface area (Å²) in [4.78, 5) is 0. The predicted octanol–water partition coefficient (Wildman–Crippen LogP) is 9.87. The molecule has 0 radical (unpaired) electrons. The highest BCUT2D eigenvalue weighted by atomic mass is 14.2. The molecule has 2 unspecified atom stereocenters. The van der Waals surface area contributed by atoms with Crippen LogP contribution >= 0.6 is 0 Å². The van der Waals surface area contributed by atoms with Gasteiger partial charge < -0.3 is 0 Å². The van der Waals surface area contributed by atoms with E-state index in [4.69, 9.17) is 0 Å². The van der Waals surface area contributed by atoms with Crippen LogP contribution in [-0.2, 0) is 6.42 Å². The molecule has 0 saturated carbocycles. The van der Waals surface area contributed by atoms with E-state index in [1.165, 1.54) is 41.5 Å². The highest BCUT2D eigenvalue weighted by Crippen LogP contribution is 2.28. The van der Waals surface area contributed by atoms with Crippen molar-refractivity contribution in [1.82, 2.24) is 0 Å². The number of hydrogen-bond donors (Lipinski definition) is 0. The fourth-order valence-electron chi connectivity index (χ4n) is 3.52. The van der Waals surface area contributed by atoms with Crippen molar-refractivity contribution >= 4 is 0 Å². The van der Waals surface area contributed by atoms with Crippen molar-refractivity contribution in [3.05, 3.63) is 108 Å². The van der Waals surface area contributed by atoms with E-state index < -0.39 is 0 Å². The summed E-state index contributed by atoms with van der Waals surface area (Å²) in [6.07, 6.45) is 13.1. The Hall–Kier alpha value is -2.34. The third kappa shape index (κ3) is 14.3. The van der Waals surface area contributed by atoms with Gasteiger partial charge in [-0.05, 0) is 81.9 Å². The maximum Gasteiger partial charge on any atom is -0.0185 e. The van der Waals surface area contributed by atoms with E-state index in [9.17, 15) is 0 Å². The Bertz CT molecular complexity index is 749. The zero-order valence-corrected chi connectivity index (χ0v) is 21.2. The van der Waals surface area contributed by atoms with E-state index in [0.717, 1.165) is 12.3 Å². The van der Waals surface area contributed by atoms with Gasteiger partial charge in [0.1, 0.15) is 0 Å². The van der Waals surface area contributed by atoms with E-state index in [0.29, 0.717) is 5.92 Å². The van der Waals surface area contributed by atoms with Crippen molar-refractivity contribution in [1.29, 1.82) is 0 Å². The summed E-state index contributed by atoms with van der Waals surface area (Å²) in [5.41, 5.74) is 5.84. The first-order chi connectivity index (χ1) is 14.9. The van der Waals surface area contributed by atoms with Gasteiger partial charge in [-0.15, -0.1) is 6.58 Å². The Morgan fingerprint density at radius 3 is 2.06 bits per heavy atom. The SMILES string of the molecule is C/C=C\C=C(/C)CCC(C)CC(C)c1ccccc1C.C=CC.CCc1ccccc1. The zero-order valence-electron chi connectivity index (χ0n) is 21.2. The second-order valence-electron chi connectivity index (χ2n) is 8.42. The predicted molar refractivity (Wildman–Crippen MR) is 143 cm³/mol. The Morgan fingerprint density at radius 2 is 1.55 bits per heavy atom. The van der Waals surface area contributed by atoms with Crippen LogP contribution in [0.25, 0.3) is 0 Å². The van der Waals surface area contributed by atoms with Crippen LogP contribution in [0, 0.1) is 12.8 Å². The van der Waals surface area contributed by atoms with Gasteiger partial charge >= 0.3 is 0 Å². The molecule has 170 valence electrons. The van der Waals surface area contributed by atoms with Crippen LogP contribution in [-0.4, -0.2) is 0 Å². The third-order valence-electron chi connectivity index (χ3n) is 5.33. The summed E-state index contributed by atoms with van der Waals surface area (Å²) in [6, 6.07) is 19.2. The lowest BCUT2D eigenvalue weighted by molar-refractivity contribution is 0.452. The first-order valence-corrected chi connectivity index (χ1v) is 11.8. The molecule has 0 heterocycles. The molecule has 0 bridgehead atoms.